The Hall–Kier alpha value is -3.10. The predicted molar refractivity (Wildman–Crippen MR) is 115 cm³/mol. The second-order valence-corrected chi connectivity index (χ2v) is 8.64. The molecule has 1 amide bonds. The Kier molecular flexibility index (Phi) is 6.59. The number of ether oxygens (including phenoxy) is 1. The first kappa shape index (κ1) is 21.6. The van der Waals surface area contributed by atoms with E-state index < -0.39 is 28.3 Å². The number of benzene rings is 3. The van der Waals surface area contributed by atoms with E-state index in [0.717, 1.165) is 22.7 Å². The van der Waals surface area contributed by atoms with Gasteiger partial charge >= 0.3 is 0 Å². The molecule has 6 nitrogen and oxygen atoms in total. The average Bonchev–Trinajstić information content (AvgIpc) is 2.70. The fourth-order valence-electron chi connectivity index (χ4n) is 2.63. The molecule has 9 heteroatoms. The molecule has 30 heavy (non-hydrogen) atoms. The van der Waals surface area contributed by atoms with Crippen LogP contribution in [0.15, 0.2) is 72.8 Å². The molecule has 0 aliphatic carbocycles. The first-order chi connectivity index (χ1) is 14.2. The molecule has 0 atom stereocenters. The molecule has 0 radical (unpaired) electrons. The second-order valence-electron chi connectivity index (χ2n) is 6.33. The molecule has 3 aromatic carbocycles. The van der Waals surface area contributed by atoms with Crippen LogP contribution in [0.3, 0.4) is 0 Å². The standard InChI is InChI=1S/C21H18ClFN2O4S/c1-30(27,28)25(15-11-12-18(23)17(22)13-15)14-21(26)24-19-9-5-6-10-20(19)29-16-7-3-2-4-8-16/h2-13H,14H2,1H3,(H,24,26). The molecule has 3 aromatic rings. The van der Waals surface area contributed by atoms with Gasteiger partial charge in [-0.05, 0) is 42.5 Å². The smallest absolute Gasteiger partial charge is 0.245 e. The summed E-state index contributed by atoms with van der Waals surface area (Å²) in [5.41, 5.74) is 0.449. The zero-order valence-corrected chi connectivity index (χ0v) is 17.5. The molecule has 0 heterocycles. The molecular formula is C21H18ClFN2O4S. The van der Waals surface area contributed by atoms with Crippen molar-refractivity contribution < 1.29 is 22.3 Å². The van der Waals surface area contributed by atoms with Crippen molar-refractivity contribution in [1.29, 1.82) is 0 Å². The molecular weight excluding hydrogens is 431 g/mol. The van der Waals surface area contributed by atoms with E-state index >= 15 is 0 Å². The first-order valence-electron chi connectivity index (χ1n) is 8.78. The summed E-state index contributed by atoms with van der Waals surface area (Å²) in [6.07, 6.45) is 0.948. The molecule has 0 bridgehead atoms. The third-order valence-electron chi connectivity index (χ3n) is 4.01. The van der Waals surface area contributed by atoms with Gasteiger partial charge in [0, 0.05) is 0 Å². The lowest BCUT2D eigenvalue weighted by molar-refractivity contribution is -0.114. The van der Waals surface area contributed by atoms with Crippen molar-refractivity contribution in [3.8, 4) is 11.5 Å². The first-order valence-corrected chi connectivity index (χ1v) is 11.0. The van der Waals surface area contributed by atoms with Gasteiger partial charge in [-0.1, -0.05) is 41.9 Å². The Morgan fingerprint density at radius 1 is 1.07 bits per heavy atom. The van der Waals surface area contributed by atoms with Crippen LogP contribution in [0.1, 0.15) is 0 Å². The van der Waals surface area contributed by atoms with Crippen LogP contribution in [-0.2, 0) is 14.8 Å². The summed E-state index contributed by atoms with van der Waals surface area (Å²) in [5, 5.41) is 2.40. The normalized spacial score (nSPS) is 11.0. The third kappa shape index (κ3) is 5.49. The Labute approximate surface area is 178 Å². The third-order valence-corrected chi connectivity index (χ3v) is 5.44. The van der Waals surface area contributed by atoms with Crippen molar-refractivity contribution >= 4 is 38.9 Å². The van der Waals surface area contributed by atoms with Gasteiger partial charge in [0.2, 0.25) is 15.9 Å². The molecule has 0 saturated heterocycles. The number of carbonyl (C=O) groups is 1. The number of nitrogens with one attached hydrogen (secondary N) is 1. The highest BCUT2D eigenvalue weighted by Gasteiger charge is 2.22. The number of para-hydroxylation sites is 3. The molecule has 0 aromatic heterocycles. The summed E-state index contributed by atoms with van der Waals surface area (Å²) in [5.74, 6) is -0.319. The highest BCUT2D eigenvalue weighted by Crippen LogP contribution is 2.29. The van der Waals surface area contributed by atoms with Crippen LogP contribution in [-0.4, -0.2) is 27.1 Å². The minimum Gasteiger partial charge on any atom is -0.455 e. The van der Waals surface area contributed by atoms with Gasteiger partial charge in [-0.2, -0.15) is 0 Å². The number of hydrogen-bond acceptors (Lipinski definition) is 4. The number of nitrogens with zero attached hydrogens (tertiary/aromatic N) is 1. The predicted octanol–water partition coefficient (Wildman–Crippen LogP) is 4.68. The van der Waals surface area contributed by atoms with Crippen LogP contribution in [0.5, 0.6) is 11.5 Å². The van der Waals surface area contributed by atoms with E-state index in [1.54, 1.807) is 36.4 Å². The maximum absolute atomic E-state index is 13.4. The van der Waals surface area contributed by atoms with E-state index in [-0.39, 0.29) is 10.7 Å². The molecule has 3 rings (SSSR count). The van der Waals surface area contributed by atoms with Gasteiger partial charge in [0.05, 0.1) is 22.7 Å². The maximum atomic E-state index is 13.4. The molecule has 0 saturated carbocycles. The molecule has 0 aliphatic rings. The van der Waals surface area contributed by atoms with Crippen LogP contribution in [0, 0.1) is 5.82 Å². The largest absolute Gasteiger partial charge is 0.455 e. The summed E-state index contributed by atoms with van der Waals surface area (Å²) in [7, 11) is -3.83. The number of halogens is 2. The lowest BCUT2D eigenvalue weighted by atomic mass is 10.2. The molecule has 0 spiro atoms. The topological polar surface area (TPSA) is 75.7 Å². The lowest BCUT2D eigenvalue weighted by Crippen LogP contribution is -2.37. The van der Waals surface area contributed by atoms with E-state index in [2.05, 4.69) is 5.32 Å². The summed E-state index contributed by atoms with van der Waals surface area (Å²) in [6.45, 7) is -0.527. The van der Waals surface area contributed by atoms with Crippen molar-refractivity contribution in [3.63, 3.8) is 0 Å². The molecule has 0 unspecified atom stereocenters. The Morgan fingerprint density at radius 2 is 1.73 bits per heavy atom. The van der Waals surface area contributed by atoms with Gasteiger partial charge in [0.15, 0.2) is 5.75 Å². The van der Waals surface area contributed by atoms with E-state index in [0.29, 0.717) is 17.2 Å². The molecule has 1 N–H and O–H groups in total. The monoisotopic (exact) mass is 448 g/mol. The van der Waals surface area contributed by atoms with Gasteiger partial charge < -0.3 is 10.1 Å². The fourth-order valence-corrected chi connectivity index (χ4v) is 3.66. The average molecular weight is 449 g/mol. The van der Waals surface area contributed by atoms with Crippen LogP contribution in [0.2, 0.25) is 5.02 Å². The number of rotatable bonds is 7. The van der Waals surface area contributed by atoms with Gasteiger partial charge in [-0.15, -0.1) is 0 Å². The summed E-state index contributed by atoms with van der Waals surface area (Å²) in [6, 6.07) is 19.2. The van der Waals surface area contributed by atoms with Crippen LogP contribution < -0.4 is 14.4 Å². The van der Waals surface area contributed by atoms with Gasteiger partial charge in [0.25, 0.3) is 0 Å². The van der Waals surface area contributed by atoms with Gasteiger partial charge in [0.1, 0.15) is 18.1 Å². The Morgan fingerprint density at radius 3 is 2.40 bits per heavy atom. The van der Waals surface area contributed by atoms with Gasteiger partial charge in [-0.3, -0.25) is 9.10 Å². The van der Waals surface area contributed by atoms with E-state index in [4.69, 9.17) is 16.3 Å². The van der Waals surface area contributed by atoms with Crippen LogP contribution in [0.4, 0.5) is 15.8 Å². The van der Waals surface area contributed by atoms with Gasteiger partial charge in [-0.25, -0.2) is 12.8 Å². The highest BCUT2D eigenvalue weighted by atomic mass is 35.5. The molecule has 156 valence electrons. The Bertz CT molecular complexity index is 1160. The highest BCUT2D eigenvalue weighted by molar-refractivity contribution is 7.92. The minimum atomic E-state index is -3.83. The summed E-state index contributed by atoms with van der Waals surface area (Å²) in [4.78, 5) is 12.6. The summed E-state index contributed by atoms with van der Waals surface area (Å²) >= 11 is 5.76. The number of amides is 1. The van der Waals surface area contributed by atoms with Crippen molar-refractivity contribution in [2.45, 2.75) is 0 Å². The van der Waals surface area contributed by atoms with Crippen LogP contribution in [0.25, 0.3) is 0 Å². The van der Waals surface area contributed by atoms with Crippen molar-refractivity contribution in [2.75, 3.05) is 22.4 Å². The van der Waals surface area contributed by atoms with E-state index in [1.807, 2.05) is 18.2 Å². The fraction of sp³-hybridized carbons (Fsp3) is 0.0952. The van der Waals surface area contributed by atoms with Crippen molar-refractivity contribution in [1.82, 2.24) is 0 Å². The lowest BCUT2D eigenvalue weighted by Gasteiger charge is -2.22. The SMILES string of the molecule is CS(=O)(=O)N(CC(=O)Nc1ccccc1Oc1ccccc1)c1ccc(F)c(Cl)c1. The number of sulfonamides is 1. The van der Waals surface area contributed by atoms with Crippen molar-refractivity contribution in [2.24, 2.45) is 0 Å². The zero-order valence-electron chi connectivity index (χ0n) is 15.9. The maximum Gasteiger partial charge on any atom is 0.245 e. The number of anilines is 2. The number of hydrogen-bond donors (Lipinski definition) is 1. The summed E-state index contributed by atoms with van der Waals surface area (Å²) < 4.78 is 44.5. The number of carbonyl (C=O) groups excluding carboxylic acids is 1. The van der Waals surface area contributed by atoms with Crippen LogP contribution >= 0.6 is 11.6 Å². The Balaban J connectivity index is 1.80. The van der Waals surface area contributed by atoms with E-state index in [9.17, 15) is 17.6 Å². The molecule has 0 aliphatic heterocycles. The van der Waals surface area contributed by atoms with E-state index in [1.165, 1.54) is 6.07 Å². The zero-order chi connectivity index (χ0) is 21.7. The minimum absolute atomic E-state index is 0.0767. The quantitative estimate of drug-likeness (QED) is 0.569. The molecule has 0 fully saturated rings. The van der Waals surface area contributed by atoms with Crippen molar-refractivity contribution in [3.05, 3.63) is 83.6 Å². The second kappa shape index (κ2) is 9.15.